The Labute approximate surface area is 127 Å². The van der Waals surface area contributed by atoms with E-state index in [0.717, 1.165) is 32.4 Å². The maximum absolute atomic E-state index is 12.4. The van der Waals surface area contributed by atoms with Gasteiger partial charge in [-0.2, -0.15) is 0 Å². The number of benzene rings is 1. The SMILES string of the molecule is O=C(Nc1cc2c(cc1Cl)OCO2)C1CC12CCNCC2. The van der Waals surface area contributed by atoms with Gasteiger partial charge in [0.05, 0.1) is 10.7 Å². The standard InChI is InChI=1S/C15H17ClN2O3/c16-10-5-12-13(21-8-20-12)6-11(10)18-14(19)9-7-15(9)1-3-17-4-2-15/h5-6,9,17H,1-4,7-8H2,(H,18,19). The molecule has 2 N–H and O–H groups in total. The van der Waals surface area contributed by atoms with Crippen LogP contribution in [0.4, 0.5) is 5.69 Å². The number of piperidine rings is 1. The summed E-state index contributed by atoms with van der Waals surface area (Å²) >= 11 is 6.19. The highest BCUT2D eigenvalue weighted by molar-refractivity contribution is 6.34. The Hall–Kier alpha value is -1.46. The molecular formula is C15H17ClN2O3. The third kappa shape index (κ3) is 2.24. The topological polar surface area (TPSA) is 59.6 Å². The van der Waals surface area contributed by atoms with E-state index in [9.17, 15) is 4.79 Å². The Balaban J connectivity index is 1.48. The van der Waals surface area contributed by atoms with Gasteiger partial charge < -0.3 is 20.1 Å². The van der Waals surface area contributed by atoms with Crippen LogP contribution in [0.25, 0.3) is 0 Å². The summed E-state index contributed by atoms with van der Waals surface area (Å²) in [6, 6.07) is 3.42. The minimum Gasteiger partial charge on any atom is -0.454 e. The molecule has 1 amide bonds. The number of hydrogen-bond acceptors (Lipinski definition) is 4. The lowest BCUT2D eigenvalue weighted by Crippen LogP contribution is -2.31. The molecule has 2 aliphatic heterocycles. The highest BCUT2D eigenvalue weighted by atomic mass is 35.5. The summed E-state index contributed by atoms with van der Waals surface area (Å²) < 4.78 is 10.6. The fourth-order valence-electron chi connectivity index (χ4n) is 3.43. The number of ether oxygens (including phenoxy) is 2. The van der Waals surface area contributed by atoms with Gasteiger partial charge in [-0.15, -0.1) is 0 Å². The summed E-state index contributed by atoms with van der Waals surface area (Å²) in [6.45, 7) is 2.21. The number of halogens is 1. The molecule has 1 aliphatic carbocycles. The molecule has 2 heterocycles. The van der Waals surface area contributed by atoms with E-state index in [1.165, 1.54) is 0 Å². The quantitative estimate of drug-likeness (QED) is 0.881. The fourth-order valence-corrected chi connectivity index (χ4v) is 3.63. The summed E-state index contributed by atoms with van der Waals surface area (Å²) in [5.74, 6) is 1.43. The summed E-state index contributed by atoms with van der Waals surface area (Å²) in [5.41, 5.74) is 0.819. The van der Waals surface area contributed by atoms with Gasteiger partial charge in [0, 0.05) is 18.1 Å². The molecule has 6 heteroatoms. The van der Waals surface area contributed by atoms with E-state index in [4.69, 9.17) is 21.1 Å². The molecule has 2 fully saturated rings. The first-order chi connectivity index (χ1) is 10.2. The zero-order valence-electron chi connectivity index (χ0n) is 11.6. The van der Waals surface area contributed by atoms with Gasteiger partial charge in [0.2, 0.25) is 12.7 Å². The van der Waals surface area contributed by atoms with Gasteiger partial charge >= 0.3 is 0 Å². The number of carbonyl (C=O) groups excluding carboxylic acids is 1. The molecule has 112 valence electrons. The lowest BCUT2D eigenvalue weighted by atomic mass is 9.92. The van der Waals surface area contributed by atoms with Crippen LogP contribution in [-0.2, 0) is 4.79 Å². The number of nitrogens with one attached hydrogen (secondary N) is 2. The normalized spacial score (nSPS) is 24.9. The second-order valence-corrected chi connectivity index (χ2v) is 6.45. The first kappa shape index (κ1) is 13.2. The Morgan fingerprint density at radius 1 is 1.29 bits per heavy atom. The Morgan fingerprint density at radius 3 is 2.76 bits per heavy atom. The molecule has 1 atom stereocenters. The molecule has 1 spiro atoms. The van der Waals surface area contributed by atoms with Crippen LogP contribution in [0.5, 0.6) is 11.5 Å². The first-order valence-corrected chi connectivity index (χ1v) is 7.66. The number of anilines is 1. The van der Waals surface area contributed by atoms with Crippen molar-refractivity contribution >= 4 is 23.2 Å². The van der Waals surface area contributed by atoms with Crippen LogP contribution in [0.2, 0.25) is 5.02 Å². The lowest BCUT2D eigenvalue weighted by Gasteiger charge is -2.23. The summed E-state index contributed by atoms with van der Waals surface area (Å²) in [6.07, 6.45) is 3.16. The molecule has 1 saturated carbocycles. The number of rotatable bonds is 2. The van der Waals surface area contributed by atoms with Crippen LogP contribution in [0.15, 0.2) is 12.1 Å². The van der Waals surface area contributed by atoms with E-state index >= 15 is 0 Å². The Bertz CT molecular complexity index is 599. The smallest absolute Gasteiger partial charge is 0.231 e. The molecule has 0 radical (unpaired) electrons. The van der Waals surface area contributed by atoms with E-state index in [1.807, 2.05) is 0 Å². The molecule has 1 aromatic carbocycles. The molecule has 1 saturated heterocycles. The van der Waals surface area contributed by atoms with E-state index in [-0.39, 0.29) is 24.0 Å². The van der Waals surface area contributed by atoms with E-state index in [1.54, 1.807) is 12.1 Å². The monoisotopic (exact) mass is 308 g/mol. The molecule has 21 heavy (non-hydrogen) atoms. The Morgan fingerprint density at radius 2 is 2.00 bits per heavy atom. The van der Waals surface area contributed by atoms with Crippen molar-refractivity contribution in [1.82, 2.24) is 5.32 Å². The predicted octanol–water partition coefficient (Wildman–Crippen LogP) is 2.40. The number of amides is 1. The molecular weight excluding hydrogens is 292 g/mol. The highest BCUT2D eigenvalue weighted by Crippen LogP contribution is 2.59. The minimum absolute atomic E-state index is 0.0673. The highest BCUT2D eigenvalue weighted by Gasteiger charge is 2.57. The van der Waals surface area contributed by atoms with Gasteiger partial charge in [0.1, 0.15) is 0 Å². The van der Waals surface area contributed by atoms with Crippen molar-refractivity contribution in [1.29, 1.82) is 0 Å². The van der Waals surface area contributed by atoms with Crippen molar-refractivity contribution in [3.05, 3.63) is 17.2 Å². The number of hydrogen-bond donors (Lipinski definition) is 2. The zero-order valence-corrected chi connectivity index (χ0v) is 12.3. The molecule has 5 nitrogen and oxygen atoms in total. The van der Waals surface area contributed by atoms with Gasteiger partial charge in [-0.25, -0.2) is 0 Å². The lowest BCUT2D eigenvalue weighted by molar-refractivity contribution is -0.118. The average Bonchev–Trinajstić information content (AvgIpc) is 2.97. The van der Waals surface area contributed by atoms with Crippen LogP contribution in [0.1, 0.15) is 19.3 Å². The molecule has 1 aromatic rings. The van der Waals surface area contributed by atoms with Gasteiger partial charge in [0.25, 0.3) is 0 Å². The summed E-state index contributed by atoms with van der Waals surface area (Å²) in [7, 11) is 0. The largest absolute Gasteiger partial charge is 0.454 e. The van der Waals surface area contributed by atoms with Gasteiger partial charge in [0.15, 0.2) is 11.5 Å². The first-order valence-electron chi connectivity index (χ1n) is 7.29. The van der Waals surface area contributed by atoms with Crippen molar-refractivity contribution in [2.24, 2.45) is 11.3 Å². The Kier molecular flexibility index (Phi) is 3.01. The summed E-state index contributed by atoms with van der Waals surface area (Å²) in [4.78, 5) is 12.4. The van der Waals surface area contributed by atoms with Crippen LogP contribution in [0, 0.1) is 11.3 Å². The number of carbonyl (C=O) groups is 1. The van der Waals surface area contributed by atoms with E-state index < -0.39 is 0 Å². The van der Waals surface area contributed by atoms with Crippen LogP contribution in [-0.4, -0.2) is 25.8 Å². The maximum Gasteiger partial charge on any atom is 0.231 e. The van der Waals surface area contributed by atoms with Crippen molar-refractivity contribution in [2.75, 3.05) is 25.2 Å². The van der Waals surface area contributed by atoms with Crippen molar-refractivity contribution in [3.8, 4) is 11.5 Å². The van der Waals surface area contributed by atoms with Crippen molar-refractivity contribution in [2.45, 2.75) is 19.3 Å². The van der Waals surface area contributed by atoms with Gasteiger partial charge in [-0.05, 0) is 37.8 Å². The predicted molar refractivity (Wildman–Crippen MR) is 78.8 cm³/mol. The maximum atomic E-state index is 12.4. The van der Waals surface area contributed by atoms with E-state index in [0.29, 0.717) is 22.2 Å². The minimum atomic E-state index is 0.0673. The van der Waals surface area contributed by atoms with Gasteiger partial charge in [-0.1, -0.05) is 11.6 Å². The summed E-state index contributed by atoms with van der Waals surface area (Å²) in [5, 5.41) is 6.77. The third-order valence-electron chi connectivity index (χ3n) is 4.83. The van der Waals surface area contributed by atoms with Crippen molar-refractivity contribution in [3.63, 3.8) is 0 Å². The van der Waals surface area contributed by atoms with Crippen molar-refractivity contribution < 1.29 is 14.3 Å². The molecule has 4 rings (SSSR count). The second-order valence-electron chi connectivity index (χ2n) is 6.04. The van der Waals surface area contributed by atoms with Crippen LogP contribution >= 0.6 is 11.6 Å². The third-order valence-corrected chi connectivity index (χ3v) is 5.14. The van der Waals surface area contributed by atoms with Crippen LogP contribution in [0.3, 0.4) is 0 Å². The molecule has 0 bridgehead atoms. The number of fused-ring (bicyclic) bond motifs is 1. The molecule has 0 aromatic heterocycles. The average molecular weight is 309 g/mol. The zero-order chi connectivity index (χ0) is 14.4. The fraction of sp³-hybridized carbons (Fsp3) is 0.533. The molecule has 1 unspecified atom stereocenters. The second kappa shape index (κ2) is 4.78. The van der Waals surface area contributed by atoms with E-state index in [2.05, 4.69) is 10.6 Å². The molecule has 3 aliphatic rings. The van der Waals surface area contributed by atoms with Gasteiger partial charge in [-0.3, -0.25) is 4.79 Å². The van der Waals surface area contributed by atoms with Crippen LogP contribution < -0.4 is 20.1 Å².